The third-order valence-corrected chi connectivity index (χ3v) is 4.45. The number of nitrogens with one attached hydrogen (secondary N) is 2. The molecular weight excluding hydrogens is 342 g/mol. The van der Waals surface area contributed by atoms with Crippen LogP contribution in [-0.4, -0.2) is 36.6 Å². The fourth-order valence-electron chi connectivity index (χ4n) is 2.81. The van der Waals surface area contributed by atoms with Crippen LogP contribution < -0.4 is 10.6 Å². The number of carbonyl (C=O) groups excluding carboxylic acids is 2. The van der Waals surface area contributed by atoms with E-state index in [9.17, 15) is 9.59 Å². The first kappa shape index (κ1) is 21.0. The summed E-state index contributed by atoms with van der Waals surface area (Å²) in [5, 5.41) is 6.76. The lowest BCUT2D eigenvalue weighted by molar-refractivity contribution is -0.118. The Morgan fingerprint density at radius 1 is 1.15 bits per heavy atom. The number of ether oxygens (including phenoxy) is 1. The zero-order valence-corrected chi connectivity index (χ0v) is 17.0. The van der Waals surface area contributed by atoms with Crippen molar-refractivity contribution in [2.75, 3.05) is 25.6 Å². The van der Waals surface area contributed by atoms with Gasteiger partial charge >= 0.3 is 0 Å². The summed E-state index contributed by atoms with van der Waals surface area (Å²) in [6, 6.07) is 7.68. The summed E-state index contributed by atoms with van der Waals surface area (Å²) in [6.07, 6.45) is 0.980. The van der Waals surface area contributed by atoms with E-state index in [2.05, 4.69) is 29.0 Å². The third kappa shape index (κ3) is 5.57. The number of rotatable bonds is 9. The number of hydrogen-bond acceptors (Lipinski definition) is 3. The van der Waals surface area contributed by atoms with E-state index in [0.717, 1.165) is 29.6 Å². The Balaban J connectivity index is 2.35. The van der Waals surface area contributed by atoms with Gasteiger partial charge in [0, 0.05) is 42.7 Å². The number of aryl methyl sites for hydroxylation is 1. The maximum atomic E-state index is 12.6. The highest BCUT2D eigenvalue weighted by molar-refractivity contribution is 6.00. The molecule has 0 unspecified atom stereocenters. The first-order valence-electron chi connectivity index (χ1n) is 9.54. The number of aromatic nitrogens is 1. The van der Waals surface area contributed by atoms with Gasteiger partial charge in [-0.3, -0.25) is 9.59 Å². The van der Waals surface area contributed by atoms with Crippen LogP contribution in [0.25, 0.3) is 10.9 Å². The number of fused-ring (bicyclic) bond motifs is 1. The van der Waals surface area contributed by atoms with Gasteiger partial charge in [-0.2, -0.15) is 0 Å². The molecule has 0 atom stereocenters. The van der Waals surface area contributed by atoms with Crippen LogP contribution in [0.5, 0.6) is 0 Å². The van der Waals surface area contributed by atoms with Gasteiger partial charge < -0.3 is 19.9 Å². The van der Waals surface area contributed by atoms with Gasteiger partial charge in [0.25, 0.3) is 5.91 Å². The molecule has 0 fully saturated rings. The smallest absolute Gasteiger partial charge is 0.268 e. The molecule has 2 rings (SSSR count). The lowest BCUT2D eigenvalue weighted by Crippen LogP contribution is -2.29. The molecule has 148 valence electrons. The minimum Gasteiger partial charge on any atom is -0.383 e. The van der Waals surface area contributed by atoms with Crippen LogP contribution in [0.2, 0.25) is 0 Å². The van der Waals surface area contributed by atoms with E-state index in [-0.39, 0.29) is 17.7 Å². The molecule has 6 nitrogen and oxygen atoms in total. The summed E-state index contributed by atoms with van der Waals surface area (Å²) in [7, 11) is 1.61. The Labute approximate surface area is 161 Å². The van der Waals surface area contributed by atoms with E-state index in [1.165, 1.54) is 0 Å². The minimum absolute atomic E-state index is 0.0221. The average molecular weight is 373 g/mol. The van der Waals surface area contributed by atoms with Crippen LogP contribution in [-0.2, 0) is 16.1 Å². The Hall–Kier alpha value is -2.34. The third-order valence-electron chi connectivity index (χ3n) is 4.45. The van der Waals surface area contributed by atoms with E-state index >= 15 is 0 Å². The lowest BCUT2D eigenvalue weighted by Gasteiger charge is -2.13. The number of amides is 2. The van der Waals surface area contributed by atoms with Crippen molar-refractivity contribution in [1.82, 2.24) is 9.88 Å². The second-order valence-corrected chi connectivity index (χ2v) is 7.53. The zero-order chi connectivity index (χ0) is 20.0. The Morgan fingerprint density at radius 3 is 2.52 bits per heavy atom. The normalized spacial score (nSPS) is 11.4. The zero-order valence-electron chi connectivity index (χ0n) is 17.0. The molecule has 2 aromatic rings. The van der Waals surface area contributed by atoms with Crippen LogP contribution in [0.3, 0.4) is 0 Å². The van der Waals surface area contributed by atoms with Crippen LogP contribution in [0.15, 0.2) is 24.3 Å². The van der Waals surface area contributed by atoms with E-state index in [0.29, 0.717) is 24.8 Å². The van der Waals surface area contributed by atoms with Gasteiger partial charge in [0.1, 0.15) is 5.69 Å². The largest absolute Gasteiger partial charge is 0.383 e. The van der Waals surface area contributed by atoms with Gasteiger partial charge in [0.05, 0.1) is 6.61 Å². The summed E-state index contributed by atoms with van der Waals surface area (Å²) in [5.41, 5.74) is 2.37. The second kappa shape index (κ2) is 9.55. The van der Waals surface area contributed by atoms with Crippen molar-refractivity contribution >= 4 is 28.4 Å². The van der Waals surface area contributed by atoms with Gasteiger partial charge in [0.2, 0.25) is 5.91 Å². The van der Waals surface area contributed by atoms with Gasteiger partial charge in [-0.1, -0.05) is 27.7 Å². The van der Waals surface area contributed by atoms with Crippen molar-refractivity contribution in [2.24, 2.45) is 11.8 Å². The molecule has 0 saturated carbocycles. The van der Waals surface area contributed by atoms with E-state index in [4.69, 9.17) is 4.74 Å². The molecule has 27 heavy (non-hydrogen) atoms. The number of nitrogens with zero attached hydrogens (tertiary/aromatic N) is 1. The maximum Gasteiger partial charge on any atom is 0.268 e. The molecule has 6 heteroatoms. The Kier molecular flexibility index (Phi) is 7.42. The monoisotopic (exact) mass is 373 g/mol. The van der Waals surface area contributed by atoms with Crippen LogP contribution in [0.4, 0.5) is 5.69 Å². The molecule has 0 spiro atoms. The predicted molar refractivity (Wildman–Crippen MR) is 109 cm³/mol. The van der Waals surface area contributed by atoms with Gasteiger partial charge in [-0.25, -0.2) is 0 Å². The van der Waals surface area contributed by atoms with Crippen molar-refractivity contribution in [3.05, 3.63) is 30.0 Å². The molecule has 2 N–H and O–H groups in total. The highest BCUT2D eigenvalue weighted by Crippen LogP contribution is 2.25. The van der Waals surface area contributed by atoms with E-state index < -0.39 is 0 Å². The van der Waals surface area contributed by atoms with Crippen LogP contribution >= 0.6 is 0 Å². The predicted octanol–water partition coefficient (Wildman–Crippen LogP) is 3.66. The van der Waals surface area contributed by atoms with Gasteiger partial charge in [-0.15, -0.1) is 0 Å². The molecule has 0 saturated heterocycles. The van der Waals surface area contributed by atoms with Gasteiger partial charge in [-0.05, 0) is 36.6 Å². The van der Waals surface area contributed by atoms with E-state index in [1.54, 1.807) is 7.11 Å². The van der Waals surface area contributed by atoms with Crippen molar-refractivity contribution in [1.29, 1.82) is 0 Å². The number of benzene rings is 1. The Morgan fingerprint density at radius 2 is 1.89 bits per heavy atom. The summed E-state index contributed by atoms with van der Waals surface area (Å²) in [5.74, 6) is 0.320. The SMILES string of the molecule is COCCNC(=O)c1cc2cc(NC(=O)C(C)C)ccc2n1CCC(C)C. The fraction of sp³-hybridized carbons (Fsp3) is 0.524. The highest BCUT2D eigenvalue weighted by atomic mass is 16.5. The number of carbonyl (C=O) groups is 2. The maximum absolute atomic E-state index is 12.6. The molecule has 0 aliphatic heterocycles. The average Bonchev–Trinajstić information content (AvgIpc) is 2.97. The molecule has 1 aromatic carbocycles. The molecule has 2 amide bonds. The summed E-state index contributed by atoms with van der Waals surface area (Å²) in [6.45, 7) is 9.77. The number of methoxy groups -OCH3 is 1. The topological polar surface area (TPSA) is 72.4 Å². The minimum atomic E-state index is -0.111. The number of hydrogen-bond donors (Lipinski definition) is 2. The molecule has 0 radical (unpaired) electrons. The molecule has 0 bridgehead atoms. The van der Waals surface area contributed by atoms with Crippen molar-refractivity contribution in [3.63, 3.8) is 0 Å². The summed E-state index contributed by atoms with van der Waals surface area (Å²) in [4.78, 5) is 24.6. The molecule has 1 aromatic heterocycles. The first-order valence-corrected chi connectivity index (χ1v) is 9.54. The lowest BCUT2D eigenvalue weighted by atomic mass is 10.1. The molecule has 1 heterocycles. The van der Waals surface area contributed by atoms with Crippen molar-refractivity contribution in [2.45, 2.75) is 40.7 Å². The highest BCUT2D eigenvalue weighted by Gasteiger charge is 2.16. The molecular formula is C21H31N3O3. The fourth-order valence-corrected chi connectivity index (χ4v) is 2.81. The van der Waals surface area contributed by atoms with Crippen molar-refractivity contribution in [3.8, 4) is 0 Å². The standard InChI is InChI=1S/C21H31N3O3/c1-14(2)8-10-24-18-7-6-17(23-20(25)15(3)4)12-16(18)13-19(24)21(26)22-9-11-27-5/h6-7,12-15H,8-11H2,1-5H3,(H,22,26)(H,23,25). The molecule has 0 aliphatic carbocycles. The summed E-state index contributed by atoms with van der Waals surface area (Å²) < 4.78 is 7.07. The Bertz CT molecular complexity index is 793. The van der Waals surface area contributed by atoms with E-state index in [1.807, 2.05) is 38.1 Å². The van der Waals surface area contributed by atoms with Crippen LogP contribution in [0, 0.1) is 11.8 Å². The second-order valence-electron chi connectivity index (χ2n) is 7.53. The number of anilines is 1. The molecule has 0 aliphatic rings. The van der Waals surface area contributed by atoms with Gasteiger partial charge in [0.15, 0.2) is 0 Å². The van der Waals surface area contributed by atoms with Crippen molar-refractivity contribution < 1.29 is 14.3 Å². The summed E-state index contributed by atoms with van der Waals surface area (Å²) >= 11 is 0. The first-order chi connectivity index (χ1) is 12.8. The quantitative estimate of drug-likeness (QED) is 0.659. The van der Waals surface area contributed by atoms with Crippen LogP contribution in [0.1, 0.15) is 44.6 Å².